The van der Waals surface area contributed by atoms with Crippen LogP contribution in [0.5, 0.6) is 0 Å². The van der Waals surface area contributed by atoms with Crippen molar-refractivity contribution in [3.8, 4) is 11.1 Å². The fourth-order valence-corrected chi connectivity index (χ4v) is 1.29. The van der Waals surface area contributed by atoms with Gasteiger partial charge in [0.1, 0.15) is 0 Å². The zero-order valence-corrected chi connectivity index (χ0v) is 7.77. The Labute approximate surface area is 83.4 Å². The maximum atomic E-state index is 5.47. The van der Waals surface area contributed by atoms with Crippen molar-refractivity contribution in [2.45, 2.75) is 6.54 Å². The minimum absolute atomic E-state index is 0.487. The lowest BCUT2D eigenvalue weighted by molar-refractivity contribution is 0.991. The molecule has 0 unspecified atom stereocenters. The van der Waals surface area contributed by atoms with E-state index in [2.05, 4.69) is 11.1 Å². The van der Waals surface area contributed by atoms with E-state index in [-0.39, 0.29) is 0 Å². The summed E-state index contributed by atoms with van der Waals surface area (Å²) in [5.41, 5.74) is 8.61. The van der Waals surface area contributed by atoms with Crippen LogP contribution < -0.4 is 5.73 Å². The third kappa shape index (κ3) is 1.80. The number of hydrogen-bond acceptors (Lipinski definition) is 2. The molecule has 0 bridgehead atoms. The van der Waals surface area contributed by atoms with Crippen LogP contribution in [0.3, 0.4) is 0 Å². The van der Waals surface area contributed by atoms with E-state index in [4.69, 9.17) is 5.73 Å². The topological polar surface area (TPSA) is 38.9 Å². The fourth-order valence-electron chi connectivity index (χ4n) is 1.29. The van der Waals surface area contributed by atoms with Crippen LogP contribution in [-0.4, -0.2) is 4.98 Å². The molecular formula is C12H11N2. The third-order valence-corrected chi connectivity index (χ3v) is 2.07. The van der Waals surface area contributed by atoms with Crippen LogP contribution in [0.4, 0.5) is 0 Å². The van der Waals surface area contributed by atoms with Gasteiger partial charge in [0.15, 0.2) is 0 Å². The first-order chi connectivity index (χ1) is 6.90. The lowest BCUT2D eigenvalue weighted by Gasteiger charge is -2.01. The molecule has 2 N–H and O–H groups in total. The van der Waals surface area contributed by atoms with Gasteiger partial charge in [-0.25, -0.2) is 0 Å². The molecule has 0 atom stereocenters. The van der Waals surface area contributed by atoms with Gasteiger partial charge in [-0.2, -0.15) is 0 Å². The normalized spacial score (nSPS) is 10.1. The van der Waals surface area contributed by atoms with Crippen molar-refractivity contribution >= 4 is 0 Å². The van der Waals surface area contributed by atoms with Crippen LogP contribution in [0.15, 0.2) is 42.6 Å². The number of pyridine rings is 1. The van der Waals surface area contributed by atoms with E-state index < -0.39 is 0 Å². The van der Waals surface area contributed by atoms with E-state index in [1.807, 2.05) is 42.6 Å². The summed E-state index contributed by atoms with van der Waals surface area (Å²) in [7, 11) is 0. The van der Waals surface area contributed by atoms with Gasteiger partial charge in [-0.15, -0.1) is 0 Å². The molecule has 14 heavy (non-hydrogen) atoms. The molecule has 69 valence electrons. The number of benzene rings is 1. The molecule has 2 heteroatoms. The Kier molecular flexibility index (Phi) is 2.56. The standard InChI is InChI=1S/C12H11N2/c13-8-12-7-6-11(9-14-12)10-4-2-1-3-5-10/h1-2,4-7,9H,8,13H2. The first-order valence-corrected chi connectivity index (χ1v) is 4.51. The van der Waals surface area contributed by atoms with Crippen LogP contribution >= 0.6 is 0 Å². The number of nitrogens with two attached hydrogens (primary N) is 1. The third-order valence-electron chi connectivity index (χ3n) is 2.07. The molecule has 0 aliphatic carbocycles. The van der Waals surface area contributed by atoms with Gasteiger partial charge >= 0.3 is 0 Å². The summed E-state index contributed by atoms with van der Waals surface area (Å²) in [6.07, 6.45) is 1.84. The molecule has 1 heterocycles. The zero-order chi connectivity index (χ0) is 9.80. The Morgan fingerprint density at radius 2 is 2.14 bits per heavy atom. The highest BCUT2D eigenvalue weighted by atomic mass is 14.7. The summed E-state index contributed by atoms with van der Waals surface area (Å²) in [4.78, 5) is 4.23. The molecule has 0 saturated heterocycles. The average Bonchev–Trinajstić information content (AvgIpc) is 2.30. The maximum absolute atomic E-state index is 5.47. The lowest BCUT2D eigenvalue weighted by atomic mass is 10.1. The van der Waals surface area contributed by atoms with Gasteiger partial charge in [0, 0.05) is 18.3 Å². The van der Waals surface area contributed by atoms with Crippen molar-refractivity contribution in [1.82, 2.24) is 4.98 Å². The number of rotatable bonds is 2. The number of nitrogens with zero attached hydrogens (tertiary/aromatic N) is 1. The van der Waals surface area contributed by atoms with Crippen LogP contribution in [0, 0.1) is 6.07 Å². The largest absolute Gasteiger partial charge is 0.325 e. The Hall–Kier alpha value is -1.67. The van der Waals surface area contributed by atoms with Gasteiger partial charge in [-0.1, -0.05) is 24.3 Å². The second kappa shape index (κ2) is 4.03. The van der Waals surface area contributed by atoms with Crippen molar-refractivity contribution in [3.63, 3.8) is 0 Å². The molecule has 2 rings (SSSR count). The van der Waals surface area contributed by atoms with E-state index in [0.29, 0.717) is 6.54 Å². The van der Waals surface area contributed by atoms with E-state index in [1.165, 1.54) is 0 Å². The molecule has 1 radical (unpaired) electrons. The van der Waals surface area contributed by atoms with E-state index >= 15 is 0 Å². The van der Waals surface area contributed by atoms with E-state index in [0.717, 1.165) is 16.8 Å². The Bertz CT molecular complexity index is 392. The number of aromatic nitrogens is 1. The van der Waals surface area contributed by atoms with E-state index in [1.54, 1.807) is 0 Å². The van der Waals surface area contributed by atoms with E-state index in [9.17, 15) is 0 Å². The second-order valence-corrected chi connectivity index (χ2v) is 3.03. The van der Waals surface area contributed by atoms with Crippen molar-refractivity contribution in [3.05, 3.63) is 54.4 Å². The van der Waals surface area contributed by atoms with Gasteiger partial charge in [0.25, 0.3) is 0 Å². The van der Waals surface area contributed by atoms with Crippen LogP contribution in [0.25, 0.3) is 11.1 Å². The predicted octanol–water partition coefficient (Wildman–Crippen LogP) is 2.01. The zero-order valence-electron chi connectivity index (χ0n) is 7.77. The summed E-state index contributed by atoms with van der Waals surface area (Å²) in [6, 6.07) is 14.8. The van der Waals surface area contributed by atoms with Gasteiger partial charge in [-0.05, 0) is 23.8 Å². The Morgan fingerprint density at radius 1 is 1.21 bits per heavy atom. The first kappa shape index (κ1) is 8.91. The van der Waals surface area contributed by atoms with Crippen molar-refractivity contribution < 1.29 is 0 Å². The summed E-state index contributed by atoms with van der Waals surface area (Å²) < 4.78 is 0. The number of hydrogen-bond donors (Lipinski definition) is 1. The first-order valence-electron chi connectivity index (χ1n) is 4.51. The summed E-state index contributed by atoms with van der Waals surface area (Å²) in [5.74, 6) is 0. The average molecular weight is 183 g/mol. The Balaban J connectivity index is 2.34. The van der Waals surface area contributed by atoms with Crippen LogP contribution in [0.2, 0.25) is 0 Å². The van der Waals surface area contributed by atoms with Gasteiger partial charge < -0.3 is 5.73 Å². The van der Waals surface area contributed by atoms with Gasteiger partial charge in [0.05, 0.1) is 5.69 Å². The summed E-state index contributed by atoms with van der Waals surface area (Å²) >= 11 is 0. The maximum Gasteiger partial charge on any atom is 0.0539 e. The molecule has 0 saturated carbocycles. The van der Waals surface area contributed by atoms with Crippen LogP contribution in [-0.2, 0) is 6.54 Å². The monoisotopic (exact) mass is 183 g/mol. The molecule has 0 aliphatic rings. The molecule has 1 aromatic carbocycles. The fraction of sp³-hybridized carbons (Fsp3) is 0.0833. The highest BCUT2D eigenvalue weighted by Crippen LogP contribution is 2.17. The minimum atomic E-state index is 0.487. The Morgan fingerprint density at radius 3 is 2.71 bits per heavy atom. The minimum Gasteiger partial charge on any atom is -0.325 e. The van der Waals surface area contributed by atoms with Gasteiger partial charge in [-0.3, -0.25) is 4.98 Å². The molecule has 2 nitrogen and oxygen atoms in total. The van der Waals surface area contributed by atoms with Crippen LogP contribution in [0.1, 0.15) is 5.69 Å². The smallest absolute Gasteiger partial charge is 0.0539 e. The lowest BCUT2D eigenvalue weighted by Crippen LogP contribution is -1.98. The van der Waals surface area contributed by atoms with Gasteiger partial charge in [0.2, 0.25) is 0 Å². The van der Waals surface area contributed by atoms with Crippen molar-refractivity contribution in [2.75, 3.05) is 0 Å². The molecule has 2 aromatic rings. The summed E-state index contributed by atoms with van der Waals surface area (Å²) in [6.45, 7) is 0.487. The highest BCUT2D eigenvalue weighted by Gasteiger charge is 1.96. The van der Waals surface area contributed by atoms with Crippen molar-refractivity contribution in [2.24, 2.45) is 5.73 Å². The van der Waals surface area contributed by atoms with Crippen molar-refractivity contribution in [1.29, 1.82) is 0 Å². The molecule has 1 aromatic heterocycles. The second-order valence-electron chi connectivity index (χ2n) is 3.03. The molecule has 0 aliphatic heterocycles. The molecular weight excluding hydrogens is 172 g/mol. The molecule has 0 amide bonds. The predicted molar refractivity (Wildman–Crippen MR) is 56.4 cm³/mol. The molecule has 0 spiro atoms. The quantitative estimate of drug-likeness (QED) is 0.773. The summed E-state index contributed by atoms with van der Waals surface area (Å²) in [5, 5.41) is 0. The highest BCUT2D eigenvalue weighted by molar-refractivity contribution is 5.61. The SMILES string of the molecule is NCc1ccc(-c2c[c]ccc2)cn1. The molecule has 0 fully saturated rings.